The molecule has 8 nitrogen and oxygen atoms in total. The summed E-state index contributed by atoms with van der Waals surface area (Å²) in [6, 6.07) is 11.3. The summed E-state index contributed by atoms with van der Waals surface area (Å²) < 4.78 is 32.0. The Morgan fingerprint density at radius 3 is 2.38 bits per heavy atom. The van der Waals surface area contributed by atoms with E-state index in [-0.39, 0.29) is 23.1 Å². The maximum absolute atomic E-state index is 12.7. The number of hydrogen-bond acceptors (Lipinski definition) is 5. The van der Waals surface area contributed by atoms with E-state index in [0.29, 0.717) is 49.0 Å². The monoisotopic (exact) mass is 479 g/mol. The molecule has 0 bridgehead atoms. The summed E-state index contributed by atoms with van der Waals surface area (Å²) in [5.41, 5.74) is 1.63. The second-order valence-electron chi connectivity index (χ2n) is 7.60. The summed E-state index contributed by atoms with van der Waals surface area (Å²) in [4.78, 5) is 26.2. The van der Waals surface area contributed by atoms with Crippen molar-refractivity contribution in [3.8, 4) is 0 Å². The number of nitrogens with one attached hydrogen (secondary N) is 1. The number of aryl methyl sites for hydroxylation is 1. The van der Waals surface area contributed by atoms with Crippen molar-refractivity contribution in [2.24, 2.45) is 0 Å². The number of rotatable bonds is 7. The Kier molecular flexibility index (Phi) is 7.89. The van der Waals surface area contributed by atoms with Crippen molar-refractivity contribution in [3.05, 3.63) is 58.6 Å². The fourth-order valence-corrected chi connectivity index (χ4v) is 4.82. The van der Waals surface area contributed by atoms with Gasteiger partial charge < -0.3 is 15.0 Å². The molecule has 0 atom stereocenters. The van der Waals surface area contributed by atoms with E-state index in [0.717, 1.165) is 5.56 Å². The minimum absolute atomic E-state index is 0.178. The van der Waals surface area contributed by atoms with Gasteiger partial charge >= 0.3 is 0 Å². The van der Waals surface area contributed by atoms with Crippen molar-refractivity contribution in [2.45, 2.75) is 17.7 Å². The van der Waals surface area contributed by atoms with Crippen LogP contribution in [0, 0.1) is 0 Å². The van der Waals surface area contributed by atoms with E-state index < -0.39 is 10.0 Å². The molecule has 0 radical (unpaired) electrons. The fraction of sp³-hybridized carbons (Fsp3) is 0.364. The number of carbonyl (C=O) groups is 2. The Balaban J connectivity index is 1.60. The first kappa shape index (κ1) is 24.2. The molecule has 0 aliphatic carbocycles. The fourth-order valence-electron chi connectivity index (χ4n) is 3.25. The smallest absolute Gasteiger partial charge is 0.253 e. The van der Waals surface area contributed by atoms with Crippen molar-refractivity contribution >= 4 is 39.1 Å². The van der Waals surface area contributed by atoms with Crippen LogP contribution < -0.4 is 5.32 Å². The van der Waals surface area contributed by atoms with Crippen LogP contribution in [-0.4, -0.2) is 69.8 Å². The molecule has 1 N–H and O–H groups in total. The Hall–Kier alpha value is -2.46. The van der Waals surface area contributed by atoms with Crippen molar-refractivity contribution in [2.75, 3.05) is 45.7 Å². The highest BCUT2D eigenvalue weighted by Crippen LogP contribution is 2.24. The number of hydrogen-bond donors (Lipinski definition) is 1. The van der Waals surface area contributed by atoms with Crippen molar-refractivity contribution in [1.82, 2.24) is 9.21 Å². The van der Waals surface area contributed by atoms with E-state index in [1.165, 1.54) is 9.21 Å². The van der Waals surface area contributed by atoms with Crippen LogP contribution in [0.5, 0.6) is 0 Å². The molecule has 0 saturated carbocycles. The van der Waals surface area contributed by atoms with Crippen LogP contribution in [-0.2, 0) is 26.0 Å². The maximum atomic E-state index is 12.7. The predicted molar refractivity (Wildman–Crippen MR) is 122 cm³/mol. The van der Waals surface area contributed by atoms with E-state index in [2.05, 4.69) is 5.32 Å². The van der Waals surface area contributed by atoms with Crippen LogP contribution in [0.4, 0.5) is 5.69 Å². The number of nitrogens with zero attached hydrogens (tertiary/aromatic N) is 2. The highest BCUT2D eigenvalue weighted by molar-refractivity contribution is 7.89. The third-order valence-electron chi connectivity index (χ3n) is 5.07. The Bertz CT molecular complexity index is 1080. The zero-order valence-electron chi connectivity index (χ0n) is 18.0. The molecule has 3 rings (SSSR count). The SMILES string of the molecule is CN(C)C(=O)c1ccc(Cl)c(NC(=O)CCc2ccc(S(=O)(=O)N3CCOCC3)cc2)c1. The molecule has 1 aliphatic heterocycles. The van der Waals surface area contributed by atoms with Crippen LogP contribution in [0.2, 0.25) is 5.02 Å². The maximum Gasteiger partial charge on any atom is 0.253 e. The topological polar surface area (TPSA) is 96.0 Å². The normalized spacial score (nSPS) is 14.7. The van der Waals surface area contributed by atoms with E-state index in [1.54, 1.807) is 56.6 Å². The average molecular weight is 480 g/mol. The molecule has 0 spiro atoms. The molecular weight excluding hydrogens is 454 g/mol. The Morgan fingerprint density at radius 1 is 1.09 bits per heavy atom. The van der Waals surface area contributed by atoms with Gasteiger partial charge in [0.15, 0.2) is 0 Å². The minimum atomic E-state index is -3.54. The van der Waals surface area contributed by atoms with E-state index >= 15 is 0 Å². The summed E-state index contributed by atoms with van der Waals surface area (Å²) in [6.45, 7) is 1.47. The third-order valence-corrected chi connectivity index (χ3v) is 7.31. The number of morpholine rings is 1. The first-order valence-electron chi connectivity index (χ1n) is 10.2. The van der Waals surface area contributed by atoms with Crippen molar-refractivity contribution < 1.29 is 22.7 Å². The molecule has 0 aromatic heterocycles. The Labute approximate surface area is 193 Å². The lowest BCUT2D eigenvalue weighted by molar-refractivity contribution is -0.116. The summed E-state index contributed by atoms with van der Waals surface area (Å²) in [6.07, 6.45) is 0.607. The van der Waals surface area contributed by atoms with Gasteiger partial charge in [0.25, 0.3) is 5.91 Å². The highest BCUT2D eigenvalue weighted by Gasteiger charge is 2.26. The van der Waals surface area contributed by atoms with Crippen LogP contribution in [0.3, 0.4) is 0 Å². The number of halogens is 1. The summed E-state index contributed by atoms with van der Waals surface area (Å²) in [5, 5.41) is 3.08. The van der Waals surface area contributed by atoms with E-state index in [1.807, 2.05) is 0 Å². The largest absolute Gasteiger partial charge is 0.379 e. The summed E-state index contributed by atoms with van der Waals surface area (Å²) >= 11 is 6.16. The lowest BCUT2D eigenvalue weighted by Gasteiger charge is -2.26. The van der Waals surface area contributed by atoms with Gasteiger partial charge in [-0.05, 0) is 42.3 Å². The lowest BCUT2D eigenvalue weighted by atomic mass is 10.1. The highest BCUT2D eigenvalue weighted by atomic mass is 35.5. The van der Waals surface area contributed by atoms with Gasteiger partial charge in [-0.1, -0.05) is 23.7 Å². The second kappa shape index (κ2) is 10.4. The van der Waals surface area contributed by atoms with Crippen LogP contribution >= 0.6 is 11.6 Å². The molecule has 2 amide bonds. The first-order chi connectivity index (χ1) is 15.2. The average Bonchev–Trinajstić information content (AvgIpc) is 2.79. The lowest BCUT2D eigenvalue weighted by Crippen LogP contribution is -2.40. The van der Waals surface area contributed by atoms with Gasteiger partial charge in [0.05, 0.1) is 28.8 Å². The molecule has 32 heavy (non-hydrogen) atoms. The third kappa shape index (κ3) is 5.86. The number of benzene rings is 2. The summed E-state index contributed by atoms with van der Waals surface area (Å²) in [7, 11) is -0.253. The quantitative estimate of drug-likeness (QED) is 0.658. The number of amides is 2. The van der Waals surface area contributed by atoms with Gasteiger partial charge in [-0.2, -0.15) is 4.31 Å². The molecule has 0 unspecified atom stereocenters. The zero-order valence-corrected chi connectivity index (χ0v) is 19.6. The molecule has 1 aliphatic rings. The van der Waals surface area contributed by atoms with Gasteiger partial charge in [0.1, 0.15) is 0 Å². The predicted octanol–water partition coefficient (Wildman–Crippen LogP) is 2.63. The first-order valence-corrected chi connectivity index (χ1v) is 12.0. The van der Waals surface area contributed by atoms with E-state index in [4.69, 9.17) is 16.3 Å². The number of carbonyl (C=O) groups excluding carboxylic acids is 2. The van der Waals surface area contributed by atoms with Gasteiger partial charge in [-0.25, -0.2) is 8.42 Å². The van der Waals surface area contributed by atoms with Crippen LogP contribution in [0.15, 0.2) is 47.4 Å². The van der Waals surface area contributed by atoms with Crippen LogP contribution in [0.25, 0.3) is 0 Å². The van der Waals surface area contributed by atoms with Gasteiger partial charge in [-0.15, -0.1) is 0 Å². The second-order valence-corrected chi connectivity index (χ2v) is 9.95. The number of anilines is 1. The van der Waals surface area contributed by atoms with Crippen molar-refractivity contribution in [3.63, 3.8) is 0 Å². The minimum Gasteiger partial charge on any atom is -0.379 e. The van der Waals surface area contributed by atoms with Gasteiger partial charge in [0.2, 0.25) is 15.9 Å². The molecule has 1 fully saturated rings. The molecule has 1 saturated heterocycles. The molecule has 2 aromatic rings. The zero-order chi connectivity index (χ0) is 23.3. The van der Waals surface area contributed by atoms with Gasteiger partial charge in [0, 0.05) is 39.2 Å². The molecular formula is C22H26ClN3O5S. The molecule has 172 valence electrons. The Morgan fingerprint density at radius 2 is 1.75 bits per heavy atom. The number of sulfonamides is 1. The molecule has 1 heterocycles. The standard InChI is InChI=1S/C22H26ClN3O5S/c1-25(2)22(28)17-6-9-19(23)20(15-17)24-21(27)10-5-16-3-7-18(8-4-16)32(29,30)26-11-13-31-14-12-26/h3-4,6-9,15H,5,10-14H2,1-2H3,(H,24,27). The molecule has 10 heteroatoms. The van der Waals surface area contributed by atoms with Crippen molar-refractivity contribution in [1.29, 1.82) is 0 Å². The van der Waals surface area contributed by atoms with Gasteiger partial charge in [-0.3, -0.25) is 9.59 Å². The number of ether oxygens (including phenoxy) is 1. The molecule has 2 aromatic carbocycles. The van der Waals surface area contributed by atoms with Crippen LogP contribution in [0.1, 0.15) is 22.3 Å². The summed E-state index contributed by atoms with van der Waals surface area (Å²) in [5.74, 6) is -0.448. The van der Waals surface area contributed by atoms with E-state index in [9.17, 15) is 18.0 Å².